The third-order valence-electron chi connectivity index (χ3n) is 7.09. The monoisotopic (exact) mass is 450 g/mol. The van der Waals surface area contributed by atoms with Crippen LogP contribution in [0.1, 0.15) is 87.8 Å². The Morgan fingerprint density at radius 2 is 1.24 bits per heavy atom. The van der Waals surface area contributed by atoms with E-state index in [-0.39, 0.29) is 0 Å². The van der Waals surface area contributed by atoms with Gasteiger partial charge in [-0.3, -0.25) is 0 Å². The average molecular weight is 451 g/mol. The molecule has 0 bridgehead atoms. The highest BCUT2D eigenvalue weighted by atomic mass is 16.5. The lowest BCUT2D eigenvalue weighted by Gasteiger charge is -2.28. The standard InChI is InChI=1S/C33H38O/c1-3-5-6-26-9-15-29(16-10-26)30-17-11-27(12-18-30)7-8-28-13-19-31(20-14-28)32-21-23-33(24-22-32)34-25-4-2/h11-14,17-24,26,29H,3-6,9-10,15-16,25H2,1-2H3. The van der Waals surface area contributed by atoms with Crippen molar-refractivity contribution in [1.82, 2.24) is 0 Å². The Hall–Kier alpha value is -2.98. The van der Waals surface area contributed by atoms with Crippen molar-refractivity contribution in [3.05, 3.63) is 89.5 Å². The van der Waals surface area contributed by atoms with Gasteiger partial charge < -0.3 is 4.74 Å². The van der Waals surface area contributed by atoms with Gasteiger partial charge in [-0.15, -0.1) is 0 Å². The highest BCUT2D eigenvalue weighted by Crippen LogP contribution is 2.37. The molecule has 4 rings (SSSR count). The number of rotatable bonds is 8. The predicted molar refractivity (Wildman–Crippen MR) is 144 cm³/mol. The van der Waals surface area contributed by atoms with E-state index in [1.807, 2.05) is 12.1 Å². The Labute approximate surface area is 206 Å². The summed E-state index contributed by atoms with van der Waals surface area (Å²) in [6, 6.07) is 25.8. The van der Waals surface area contributed by atoms with E-state index in [0.717, 1.165) is 41.7 Å². The first-order chi connectivity index (χ1) is 16.7. The van der Waals surface area contributed by atoms with Crippen molar-refractivity contribution in [3.8, 4) is 28.7 Å². The van der Waals surface area contributed by atoms with Crippen LogP contribution in [0.25, 0.3) is 11.1 Å². The van der Waals surface area contributed by atoms with E-state index in [1.165, 1.54) is 61.6 Å². The summed E-state index contributed by atoms with van der Waals surface area (Å²) >= 11 is 0. The molecule has 0 unspecified atom stereocenters. The van der Waals surface area contributed by atoms with Gasteiger partial charge in [0.05, 0.1) is 6.61 Å². The molecule has 0 spiro atoms. The number of benzene rings is 3. The normalized spacial score (nSPS) is 17.6. The van der Waals surface area contributed by atoms with Crippen LogP contribution in [-0.4, -0.2) is 6.61 Å². The van der Waals surface area contributed by atoms with Crippen LogP contribution < -0.4 is 4.74 Å². The van der Waals surface area contributed by atoms with Crippen LogP contribution in [0.4, 0.5) is 0 Å². The Bertz CT molecular complexity index is 1060. The van der Waals surface area contributed by atoms with E-state index < -0.39 is 0 Å². The Morgan fingerprint density at radius 1 is 0.676 bits per heavy atom. The van der Waals surface area contributed by atoms with Crippen molar-refractivity contribution in [2.75, 3.05) is 6.61 Å². The summed E-state index contributed by atoms with van der Waals surface area (Å²) in [5.74, 6) is 9.30. The number of hydrogen-bond donors (Lipinski definition) is 0. The van der Waals surface area contributed by atoms with Crippen molar-refractivity contribution in [2.24, 2.45) is 5.92 Å². The molecule has 0 aliphatic heterocycles. The van der Waals surface area contributed by atoms with Crippen molar-refractivity contribution in [3.63, 3.8) is 0 Å². The molecule has 1 aliphatic carbocycles. The summed E-state index contributed by atoms with van der Waals surface area (Å²) in [4.78, 5) is 0. The molecule has 176 valence electrons. The van der Waals surface area contributed by atoms with Crippen LogP contribution in [0.2, 0.25) is 0 Å². The van der Waals surface area contributed by atoms with E-state index in [1.54, 1.807) is 0 Å². The van der Waals surface area contributed by atoms with Gasteiger partial charge in [0.25, 0.3) is 0 Å². The number of hydrogen-bond acceptors (Lipinski definition) is 1. The molecule has 0 N–H and O–H groups in total. The molecule has 0 radical (unpaired) electrons. The van der Waals surface area contributed by atoms with E-state index in [2.05, 4.69) is 86.4 Å². The van der Waals surface area contributed by atoms with Gasteiger partial charge in [0, 0.05) is 11.1 Å². The quantitative estimate of drug-likeness (QED) is 0.311. The van der Waals surface area contributed by atoms with Gasteiger partial charge in [-0.2, -0.15) is 0 Å². The molecule has 1 nitrogen and oxygen atoms in total. The topological polar surface area (TPSA) is 9.23 Å². The van der Waals surface area contributed by atoms with Crippen LogP contribution in [0.15, 0.2) is 72.8 Å². The lowest BCUT2D eigenvalue weighted by molar-refractivity contribution is 0.304. The van der Waals surface area contributed by atoms with Gasteiger partial charge in [-0.25, -0.2) is 0 Å². The molecule has 0 saturated heterocycles. The van der Waals surface area contributed by atoms with E-state index in [9.17, 15) is 0 Å². The van der Waals surface area contributed by atoms with Gasteiger partial charge in [0.1, 0.15) is 5.75 Å². The molecular weight excluding hydrogens is 412 g/mol. The zero-order valence-electron chi connectivity index (χ0n) is 20.9. The van der Waals surface area contributed by atoms with Gasteiger partial charge in [-0.1, -0.05) is 81.3 Å². The lowest BCUT2D eigenvalue weighted by atomic mass is 9.77. The molecule has 1 aliphatic rings. The van der Waals surface area contributed by atoms with E-state index in [0.29, 0.717) is 0 Å². The van der Waals surface area contributed by atoms with Crippen molar-refractivity contribution < 1.29 is 4.74 Å². The fraction of sp³-hybridized carbons (Fsp3) is 0.394. The maximum Gasteiger partial charge on any atom is 0.119 e. The van der Waals surface area contributed by atoms with Gasteiger partial charge in [0.2, 0.25) is 0 Å². The summed E-state index contributed by atoms with van der Waals surface area (Å²) in [6.07, 6.45) is 10.7. The maximum absolute atomic E-state index is 5.68. The van der Waals surface area contributed by atoms with Crippen LogP contribution in [0.5, 0.6) is 5.75 Å². The van der Waals surface area contributed by atoms with Crippen molar-refractivity contribution >= 4 is 0 Å². The summed E-state index contributed by atoms with van der Waals surface area (Å²) in [5, 5.41) is 0. The molecule has 1 heteroatoms. The minimum Gasteiger partial charge on any atom is -0.494 e. The highest BCUT2D eigenvalue weighted by molar-refractivity contribution is 5.65. The summed E-state index contributed by atoms with van der Waals surface area (Å²) in [6.45, 7) is 5.18. The Balaban J connectivity index is 1.32. The summed E-state index contributed by atoms with van der Waals surface area (Å²) in [5.41, 5.74) is 6.02. The SMILES string of the molecule is CCCCC1CCC(c2ccc(C#Cc3ccc(-c4ccc(OCCC)cc4)cc3)cc2)CC1. The van der Waals surface area contributed by atoms with Gasteiger partial charge in [-0.05, 0) is 97.0 Å². The van der Waals surface area contributed by atoms with E-state index in [4.69, 9.17) is 4.74 Å². The molecule has 1 saturated carbocycles. The first-order valence-electron chi connectivity index (χ1n) is 13.2. The summed E-state index contributed by atoms with van der Waals surface area (Å²) < 4.78 is 5.68. The maximum atomic E-state index is 5.68. The average Bonchev–Trinajstić information content (AvgIpc) is 2.91. The minimum atomic E-state index is 0.736. The Morgan fingerprint density at radius 3 is 1.79 bits per heavy atom. The highest BCUT2D eigenvalue weighted by Gasteiger charge is 2.21. The minimum absolute atomic E-state index is 0.736. The molecule has 1 fully saturated rings. The first-order valence-corrected chi connectivity index (χ1v) is 13.2. The fourth-order valence-corrected chi connectivity index (χ4v) is 4.97. The van der Waals surface area contributed by atoms with Crippen molar-refractivity contribution in [1.29, 1.82) is 0 Å². The second kappa shape index (κ2) is 12.5. The molecule has 3 aromatic carbocycles. The number of ether oxygens (including phenoxy) is 1. The van der Waals surface area contributed by atoms with E-state index >= 15 is 0 Å². The zero-order valence-corrected chi connectivity index (χ0v) is 20.9. The van der Waals surface area contributed by atoms with Crippen LogP contribution >= 0.6 is 0 Å². The number of unbranched alkanes of at least 4 members (excludes halogenated alkanes) is 1. The largest absolute Gasteiger partial charge is 0.494 e. The predicted octanol–water partition coefficient (Wildman–Crippen LogP) is 9.01. The second-order valence-electron chi connectivity index (χ2n) is 9.68. The third kappa shape index (κ3) is 6.77. The summed E-state index contributed by atoms with van der Waals surface area (Å²) in [7, 11) is 0. The first kappa shape index (κ1) is 24.2. The molecule has 3 aromatic rings. The zero-order chi connectivity index (χ0) is 23.6. The second-order valence-corrected chi connectivity index (χ2v) is 9.68. The Kier molecular flexibility index (Phi) is 8.86. The molecule has 0 amide bonds. The fourth-order valence-electron chi connectivity index (χ4n) is 4.97. The smallest absolute Gasteiger partial charge is 0.119 e. The molecule has 0 heterocycles. The van der Waals surface area contributed by atoms with Crippen molar-refractivity contribution in [2.45, 2.75) is 71.1 Å². The molecule has 0 aromatic heterocycles. The molecular formula is C33H38O. The van der Waals surface area contributed by atoms with Gasteiger partial charge >= 0.3 is 0 Å². The van der Waals surface area contributed by atoms with Gasteiger partial charge in [0.15, 0.2) is 0 Å². The third-order valence-corrected chi connectivity index (χ3v) is 7.09. The lowest BCUT2D eigenvalue weighted by Crippen LogP contribution is -2.13. The van der Waals surface area contributed by atoms with Crippen LogP contribution in [-0.2, 0) is 0 Å². The van der Waals surface area contributed by atoms with Crippen LogP contribution in [0, 0.1) is 17.8 Å². The molecule has 34 heavy (non-hydrogen) atoms. The van der Waals surface area contributed by atoms with Crippen LogP contribution in [0.3, 0.4) is 0 Å². The molecule has 0 atom stereocenters.